The zero-order valence-corrected chi connectivity index (χ0v) is 19.4. The molecule has 1 heterocycles. The summed E-state index contributed by atoms with van der Waals surface area (Å²) < 4.78 is 0. The van der Waals surface area contributed by atoms with Gasteiger partial charge in [0.15, 0.2) is 0 Å². The van der Waals surface area contributed by atoms with E-state index >= 15 is 0 Å². The number of anilines is 1. The van der Waals surface area contributed by atoms with Gasteiger partial charge in [0.1, 0.15) is 11.1 Å². The molecule has 1 amide bonds. The first-order chi connectivity index (χ1) is 14.7. The van der Waals surface area contributed by atoms with Crippen molar-refractivity contribution in [3.8, 4) is 17.2 Å². The average Bonchev–Trinajstić information content (AvgIpc) is 2.73. The number of carbonyl (C=O) groups excluding carboxylic acids is 1. The third kappa shape index (κ3) is 5.53. The van der Waals surface area contributed by atoms with Gasteiger partial charge in [0, 0.05) is 22.4 Å². The molecule has 0 aliphatic rings. The molecule has 0 spiro atoms. The Balaban J connectivity index is 1.91. The Morgan fingerprint density at radius 3 is 2.42 bits per heavy atom. The summed E-state index contributed by atoms with van der Waals surface area (Å²) in [5, 5.41) is 13.5. The molecule has 0 unspecified atom stereocenters. The van der Waals surface area contributed by atoms with Gasteiger partial charge in [-0.1, -0.05) is 80.6 Å². The van der Waals surface area contributed by atoms with Crippen LogP contribution in [0.1, 0.15) is 43.2 Å². The molecule has 0 atom stereocenters. The molecular weight excluding hydrogens is 402 g/mol. The van der Waals surface area contributed by atoms with Gasteiger partial charge in [0.25, 0.3) is 0 Å². The van der Waals surface area contributed by atoms with Crippen LogP contribution in [0.25, 0.3) is 11.1 Å². The van der Waals surface area contributed by atoms with Crippen molar-refractivity contribution in [2.75, 3.05) is 11.1 Å². The molecule has 5 heteroatoms. The zero-order chi connectivity index (χ0) is 22.6. The number of pyridine rings is 1. The maximum atomic E-state index is 12.6. The van der Waals surface area contributed by atoms with Gasteiger partial charge >= 0.3 is 0 Å². The number of aromatic nitrogens is 1. The minimum absolute atomic E-state index is 0.120. The summed E-state index contributed by atoms with van der Waals surface area (Å²) in [5.41, 5.74) is 6.00. The maximum absolute atomic E-state index is 12.6. The number of benzene rings is 2. The van der Waals surface area contributed by atoms with E-state index in [4.69, 9.17) is 4.98 Å². The first-order valence-corrected chi connectivity index (χ1v) is 11.2. The predicted molar refractivity (Wildman–Crippen MR) is 128 cm³/mol. The molecule has 1 N–H and O–H groups in total. The molecule has 31 heavy (non-hydrogen) atoms. The number of amides is 1. The fourth-order valence-corrected chi connectivity index (χ4v) is 4.04. The van der Waals surface area contributed by atoms with Gasteiger partial charge in [-0.3, -0.25) is 4.79 Å². The highest BCUT2D eigenvalue weighted by Crippen LogP contribution is 2.34. The van der Waals surface area contributed by atoms with Crippen molar-refractivity contribution in [3.05, 3.63) is 77.0 Å². The lowest BCUT2D eigenvalue weighted by Gasteiger charge is -2.21. The first kappa shape index (κ1) is 22.6. The van der Waals surface area contributed by atoms with Crippen molar-refractivity contribution in [1.29, 1.82) is 5.26 Å². The van der Waals surface area contributed by atoms with E-state index in [9.17, 15) is 10.1 Å². The van der Waals surface area contributed by atoms with E-state index in [1.807, 2.05) is 68.4 Å². The van der Waals surface area contributed by atoms with Crippen molar-refractivity contribution >= 4 is 23.4 Å². The molecule has 2 aromatic carbocycles. The monoisotopic (exact) mass is 429 g/mol. The average molecular weight is 430 g/mol. The van der Waals surface area contributed by atoms with Gasteiger partial charge in [-0.05, 0) is 37.1 Å². The van der Waals surface area contributed by atoms with Gasteiger partial charge in [-0.15, -0.1) is 0 Å². The van der Waals surface area contributed by atoms with Gasteiger partial charge in [-0.2, -0.15) is 5.26 Å². The molecule has 4 nitrogen and oxygen atoms in total. The van der Waals surface area contributed by atoms with Gasteiger partial charge in [0.05, 0.1) is 11.3 Å². The van der Waals surface area contributed by atoms with E-state index in [2.05, 4.69) is 32.2 Å². The normalized spacial score (nSPS) is 11.1. The summed E-state index contributed by atoms with van der Waals surface area (Å²) in [6.07, 6.45) is 0. The van der Waals surface area contributed by atoms with Crippen molar-refractivity contribution < 1.29 is 4.79 Å². The van der Waals surface area contributed by atoms with Crippen LogP contribution in [0.15, 0.2) is 59.6 Å². The quantitative estimate of drug-likeness (QED) is 0.486. The van der Waals surface area contributed by atoms with Crippen LogP contribution in [0.2, 0.25) is 0 Å². The van der Waals surface area contributed by atoms with Gasteiger partial charge in [0.2, 0.25) is 5.91 Å². The highest BCUT2D eigenvalue weighted by atomic mass is 32.2. The second-order valence-electron chi connectivity index (χ2n) is 8.62. The van der Waals surface area contributed by atoms with Crippen LogP contribution in [0, 0.1) is 25.2 Å². The minimum atomic E-state index is -0.186. The van der Waals surface area contributed by atoms with E-state index in [-0.39, 0.29) is 17.1 Å². The highest BCUT2D eigenvalue weighted by Gasteiger charge is 2.22. The number of nitrogens with one attached hydrogen (secondary N) is 1. The van der Waals surface area contributed by atoms with Gasteiger partial charge in [-0.25, -0.2) is 4.98 Å². The van der Waals surface area contributed by atoms with Crippen LogP contribution < -0.4 is 5.32 Å². The largest absolute Gasteiger partial charge is 0.325 e. The van der Waals surface area contributed by atoms with Crippen LogP contribution >= 0.6 is 11.8 Å². The third-order valence-corrected chi connectivity index (χ3v) is 5.92. The summed E-state index contributed by atoms with van der Waals surface area (Å²) in [6.45, 7) is 10.3. The second kappa shape index (κ2) is 9.36. The standard InChI is InChI=1S/C26H27N3OS/c1-17-11-12-22(18(2)13-17)28-24(30)16-31-25-21(15-27)20(19-9-7-6-8-10-19)14-23(29-25)26(3,4)5/h6-14H,16H2,1-5H3,(H,28,30). The number of hydrogen-bond acceptors (Lipinski definition) is 4. The molecule has 0 bridgehead atoms. The van der Waals surface area contributed by atoms with Gasteiger partial charge < -0.3 is 5.32 Å². The van der Waals surface area contributed by atoms with E-state index in [1.165, 1.54) is 11.8 Å². The number of thioether (sulfide) groups is 1. The second-order valence-corrected chi connectivity index (χ2v) is 9.58. The molecule has 0 aliphatic carbocycles. The summed E-state index contributed by atoms with van der Waals surface area (Å²) in [6, 6.07) is 20.1. The summed E-state index contributed by atoms with van der Waals surface area (Å²) >= 11 is 1.30. The smallest absolute Gasteiger partial charge is 0.234 e. The Kier molecular flexibility index (Phi) is 6.82. The molecule has 3 rings (SSSR count). The zero-order valence-electron chi connectivity index (χ0n) is 18.6. The Morgan fingerprint density at radius 2 is 1.81 bits per heavy atom. The highest BCUT2D eigenvalue weighted by molar-refractivity contribution is 8.00. The fourth-order valence-electron chi connectivity index (χ4n) is 3.24. The molecule has 3 aromatic rings. The number of rotatable bonds is 5. The minimum Gasteiger partial charge on any atom is -0.325 e. The molecule has 0 fully saturated rings. The molecule has 0 radical (unpaired) electrons. The van der Waals surface area contributed by atoms with Crippen molar-refractivity contribution in [2.24, 2.45) is 0 Å². The molecule has 0 saturated carbocycles. The summed E-state index contributed by atoms with van der Waals surface area (Å²) in [4.78, 5) is 17.4. The number of aryl methyl sites for hydroxylation is 2. The molecule has 158 valence electrons. The lowest BCUT2D eigenvalue weighted by molar-refractivity contribution is -0.113. The molecule has 0 aliphatic heterocycles. The predicted octanol–water partition coefficient (Wildman–Crippen LogP) is 6.27. The van der Waals surface area contributed by atoms with E-state index < -0.39 is 0 Å². The van der Waals surface area contributed by atoms with Crippen molar-refractivity contribution in [3.63, 3.8) is 0 Å². The summed E-state index contributed by atoms with van der Waals surface area (Å²) in [5.74, 6) is 0.0571. The van der Waals surface area contributed by atoms with E-state index in [0.29, 0.717) is 10.6 Å². The van der Waals surface area contributed by atoms with Crippen LogP contribution in [0.5, 0.6) is 0 Å². The van der Waals surface area contributed by atoms with Crippen molar-refractivity contribution in [2.45, 2.75) is 45.1 Å². The number of carbonyl (C=O) groups is 1. The van der Waals surface area contributed by atoms with E-state index in [0.717, 1.165) is 33.6 Å². The van der Waals surface area contributed by atoms with Crippen LogP contribution in [0.3, 0.4) is 0 Å². The number of nitrogens with zero attached hydrogens (tertiary/aromatic N) is 2. The lowest BCUT2D eigenvalue weighted by atomic mass is 9.89. The Hall–Kier alpha value is -3.10. The number of nitriles is 1. The molecule has 0 saturated heterocycles. The Morgan fingerprint density at radius 1 is 1.10 bits per heavy atom. The lowest BCUT2D eigenvalue weighted by Crippen LogP contribution is -2.17. The van der Waals surface area contributed by atoms with Crippen LogP contribution in [-0.2, 0) is 10.2 Å². The Labute approximate surface area is 188 Å². The number of hydrogen-bond donors (Lipinski definition) is 1. The fraction of sp³-hybridized carbons (Fsp3) is 0.269. The van der Waals surface area contributed by atoms with Crippen molar-refractivity contribution in [1.82, 2.24) is 4.98 Å². The summed E-state index contributed by atoms with van der Waals surface area (Å²) in [7, 11) is 0. The SMILES string of the molecule is Cc1ccc(NC(=O)CSc2nc(C(C)(C)C)cc(-c3ccccc3)c2C#N)c(C)c1. The molecular formula is C26H27N3OS. The van der Waals surface area contributed by atoms with Crippen LogP contribution in [0.4, 0.5) is 5.69 Å². The third-order valence-electron chi connectivity index (χ3n) is 4.95. The first-order valence-electron chi connectivity index (χ1n) is 10.2. The topological polar surface area (TPSA) is 65.8 Å². The maximum Gasteiger partial charge on any atom is 0.234 e. The van der Waals surface area contributed by atoms with E-state index in [1.54, 1.807) is 0 Å². The van der Waals surface area contributed by atoms with Crippen LogP contribution in [-0.4, -0.2) is 16.6 Å². The molecule has 1 aromatic heterocycles. The Bertz CT molecular complexity index is 1140.